The van der Waals surface area contributed by atoms with Crippen molar-refractivity contribution in [2.75, 3.05) is 0 Å². The number of hydrogen-bond donors (Lipinski definition) is 0. The van der Waals surface area contributed by atoms with Crippen LogP contribution in [0.4, 0.5) is 0 Å². The summed E-state index contributed by atoms with van der Waals surface area (Å²) in [6.45, 7) is 0. The number of hydrogen-bond acceptors (Lipinski definition) is 6. The Hall–Kier alpha value is -20.3. The molecule has 30 aromatic rings. The van der Waals surface area contributed by atoms with Crippen LogP contribution in [0, 0.1) is 0 Å². The van der Waals surface area contributed by atoms with Gasteiger partial charge in [-0.2, -0.15) is 0 Å². The van der Waals surface area contributed by atoms with Gasteiger partial charge in [-0.05, 0) is 119 Å². The van der Waals surface area contributed by atoms with Crippen LogP contribution >= 0.6 is 0 Å². The maximum atomic E-state index is 5.37. The summed E-state index contributed by atoms with van der Waals surface area (Å²) in [5.74, 6) is 4.56. The topological polar surface area (TPSA) is 107 Å². The van der Waals surface area contributed by atoms with Crippen LogP contribution in [0.3, 0.4) is 0 Å². The SMILES string of the molecule is c1ccc(-c2cc(-n3c4ccccc4c4c(-c5ccccc5)cc5c(c6ccccc6n5-c5ccccc5)c43)nc(-c3ccccc3)n2)cc1.c1ccc(-c2cc(-n3c4ccccc4c4cc(-c5ccccc5)c5c(c6ccccc6n5-c5ccccc5)c43)nc(-c3ccccc3)n2)cc1.c1ccc(-c2ccc(-n3c4ccccc4c4c3ccc3c5ccccc5n(-c5cc(-c6ccccc6)nc(-c6ccccc6)n5)c34)cc2)cc1. The molecule has 21 aromatic carbocycles. The highest BCUT2D eigenvalue weighted by Crippen LogP contribution is 2.51. The minimum absolute atomic E-state index is 0.690. The fourth-order valence-corrected chi connectivity index (χ4v) is 22.6. The van der Waals surface area contributed by atoms with Crippen molar-refractivity contribution in [1.82, 2.24) is 57.3 Å². The first kappa shape index (κ1) is 87.5. The third kappa shape index (κ3) is 15.1. The Balaban J connectivity index is 0.000000108. The molecule has 0 saturated heterocycles. The molecule has 9 heterocycles. The lowest BCUT2D eigenvalue weighted by Gasteiger charge is -2.15. The van der Waals surface area contributed by atoms with E-state index in [-0.39, 0.29) is 0 Å². The van der Waals surface area contributed by atoms with E-state index in [9.17, 15) is 0 Å². The number of benzene rings is 21. The Kier molecular flexibility index (Phi) is 21.6. The molecule has 0 spiro atoms. The molecule has 30 rings (SSSR count). The first-order chi connectivity index (χ1) is 74.5. The molecule has 12 nitrogen and oxygen atoms in total. The van der Waals surface area contributed by atoms with Crippen molar-refractivity contribution in [3.05, 3.63) is 546 Å². The van der Waals surface area contributed by atoms with Gasteiger partial charge in [0, 0.05) is 139 Å². The molecule has 0 amide bonds. The molecule has 702 valence electrons. The van der Waals surface area contributed by atoms with Crippen LogP contribution in [0.2, 0.25) is 0 Å². The molecule has 0 atom stereocenters. The Bertz CT molecular complexity index is 10200. The van der Waals surface area contributed by atoms with E-state index in [2.05, 4.69) is 501 Å². The number of nitrogens with zero attached hydrogens (tertiary/aromatic N) is 12. The molecule has 0 fully saturated rings. The zero-order valence-electron chi connectivity index (χ0n) is 81.3. The summed E-state index contributed by atoms with van der Waals surface area (Å²) < 4.78 is 14.3. The molecular formula is C138H90N12. The van der Waals surface area contributed by atoms with Gasteiger partial charge >= 0.3 is 0 Å². The molecule has 0 saturated carbocycles. The smallest absolute Gasteiger partial charge is 0.162 e. The van der Waals surface area contributed by atoms with Crippen molar-refractivity contribution in [3.63, 3.8) is 0 Å². The van der Waals surface area contributed by atoms with Crippen molar-refractivity contribution in [2.24, 2.45) is 0 Å². The molecule has 12 heteroatoms. The third-order valence-corrected chi connectivity index (χ3v) is 29.2. The molecule has 0 aliphatic rings. The Labute approximate surface area is 863 Å². The standard InChI is InChI=1S/3C46H30N4/c1-5-17-31(18-6-1)37-29-41-44(36-26-14-15-27-39(36)49(41)34-23-11-4-12-24-34)45-43(37)35-25-13-16-28-40(35)50(45)42-30-38(32-19-7-2-8-20-32)47-46(48-42)33-21-9-3-10-22-33;1-5-17-31(18-6-1)37-29-38-35-25-13-15-27-40(35)50(42-30-39(32-19-7-2-8-20-32)47-46(48-42)33-21-9-3-10-22-33)45(38)43-36-26-14-16-28-41(36)49(44(37)43)34-23-11-4-12-24-34;1-4-14-31(15-5-1)32-24-26-35(27-25-32)49-41-23-13-11-21-38(41)44-42(49)29-28-37-36-20-10-12-22-40(36)50(45(37)44)43-30-39(33-16-6-2-7-17-33)47-46(48-43)34-18-8-3-9-19-34/h3*1-30H. The van der Waals surface area contributed by atoms with E-state index in [0.717, 1.165) is 146 Å². The monoisotopic (exact) mass is 1910 g/mol. The minimum Gasteiger partial charge on any atom is -0.309 e. The van der Waals surface area contributed by atoms with Gasteiger partial charge in [0.25, 0.3) is 0 Å². The highest BCUT2D eigenvalue weighted by atomic mass is 15.1. The zero-order chi connectivity index (χ0) is 99.1. The van der Waals surface area contributed by atoms with Gasteiger partial charge in [0.1, 0.15) is 17.5 Å². The number of fused-ring (bicyclic) bond motifs is 21. The lowest BCUT2D eigenvalue weighted by atomic mass is 9.97. The normalized spacial score (nSPS) is 11.6. The van der Waals surface area contributed by atoms with E-state index in [1.54, 1.807) is 0 Å². The first-order valence-electron chi connectivity index (χ1n) is 50.8. The highest BCUT2D eigenvalue weighted by molar-refractivity contribution is 6.32. The highest BCUT2D eigenvalue weighted by Gasteiger charge is 2.31. The zero-order valence-corrected chi connectivity index (χ0v) is 81.3. The third-order valence-electron chi connectivity index (χ3n) is 29.2. The number of aromatic nitrogens is 12. The molecule has 0 bridgehead atoms. The molecule has 150 heavy (non-hydrogen) atoms. The quantitative estimate of drug-likeness (QED) is 0.101. The second kappa shape index (κ2) is 37.1. The summed E-state index contributed by atoms with van der Waals surface area (Å²) >= 11 is 0. The average molecular weight is 1920 g/mol. The van der Waals surface area contributed by atoms with E-state index in [1.807, 2.05) is 72.8 Å². The fourth-order valence-electron chi connectivity index (χ4n) is 22.6. The van der Waals surface area contributed by atoms with Crippen LogP contribution in [0.15, 0.2) is 546 Å². The van der Waals surface area contributed by atoms with Crippen molar-refractivity contribution < 1.29 is 0 Å². The summed E-state index contributed by atoms with van der Waals surface area (Å²) in [7, 11) is 0. The van der Waals surface area contributed by atoms with Crippen LogP contribution in [0.25, 0.3) is 267 Å². The van der Waals surface area contributed by atoms with Crippen molar-refractivity contribution in [3.8, 4) is 136 Å². The van der Waals surface area contributed by atoms with Gasteiger partial charge in [0.05, 0.1) is 83.3 Å². The van der Waals surface area contributed by atoms with Gasteiger partial charge < -0.3 is 13.7 Å². The van der Waals surface area contributed by atoms with E-state index < -0.39 is 0 Å². The molecule has 9 aromatic heterocycles. The second-order valence-corrected chi connectivity index (χ2v) is 37.9. The predicted molar refractivity (Wildman–Crippen MR) is 621 cm³/mol. The molecule has 0 aliphatic carbocycles. The van der Waals surface area contributed by atoms with Crippen LogP contribution in [0.5, 0.6) is 0 Å². The molecule has 0 unspecified atom stereocenters. The van der Waals surface area contributed by atoms with E-state index in [1.165, 1.54) is 104 Å². The second-order valence-electron chi connectivity index (χ2n) is 37.9. The number of para-hydroxylation sites is 8. The summed E-state index contributed by atoms with van der Waals surface area (Å²) in [6.07, 6.45) is 0. The fraction of sp³-hybridized carbons (Fsp3) is 0. The van der Waals surface area contributed by atoms with E-state index in [0.29, 0.717) is 17.5 Å². The van der Waals surface area contributed by atoms with Gasteiger partial charge in [-0.3, -0.25) is 13.7 Å². The largest absolute Gasteiger partial charge is 0.309 e. The summed E-state index contributed by atoms with van der Waals surface area (Å²) in [5, 5.41) is 14.3. The van der Waals surface area contributed by atoms with Crippen LogP contribution < -0.4 is 0 Å². The van der Waals surface area contributed by atoms with Crippen molar-refractivity contribution >= 4 is 131 Å². The molecule has 0 N–H and O–H groups in total. The summed E-state index contributed by atoms with van der Waals surface area (Å²) in [6, 6.07) is 193. The maximum absolute atomic E-state index is 5.37. The Morgan fingerprint density at radius 1 is 0.127 bits per heavy atom. The maximum Gasteiger partial charge on any atom is 0.162 e. The molecular weight excluding hydrogens is 1830 g/mol. The summed E-state index contributed by atoms with van der Waals surface area (Å²) in [4.78, 5) is 31.4. The van der Waals surface area contributed by atoms with E-state index in [4.69, 9.17) is 29.9 Å². The Morgan fingerprint density at radius 3 is 0.813 bits per heavy atom. The van der Waals surface area contributed by atoms with Crippen molar-refractivity contribution in [2.45, 2.75) is 0 Å². The minimum atomic E-state index is 0.690. The predicted octanol–water partition coefficient (Wildman–Crippen LogP) is 35.0. The van der Waals surface area contributed by atoms with Gasteiger partial charge in [0.15, 0.2) is 17.5 Å². The van der Waals surface area contributed by atoms with Crippen LogP contribution in [0.1, 0.15) is 0 Å². The number of rotatable bonds is 15. The van der Waals surface area contributed by atoms with Gasteiger partial charge in [0.2, 0.25) is 0 Å². The van der Waals surface area contributed by atoms with Crippen LogP contribution in [-0.2, 0) is 0 Å². The average Bonchev–Trinajstić information content (AvgIpc) is 1.54. The van der Waals surface area contributed by atoms with Gasteiger partial charge in [-0.15, -0.1) is 0 Å². The molecule has 0 radical (unpaired) electrons. The first-order valence-corrected chi connectivity index (χ1v) is 50.8. The van der Waals surface area contributed by atoms with E-state index >= 15 is 0 Å². The Morgan fingerprint density at radius 2 is 0.400 bits per heavy atom. The molecule has 0 aliphatic heterocycles. The van der Waals surface area contributed by atoms with Gasteiger partial charge in [-0.1, -0.05) is 437 Å². The van der Waals surface area contributed by atoms with Crippen LogP contribution in [-0.4, -0.2) is 57.3 Å². The summed E-state index contributed by atoms with van der Waals surface area (Å²) in [5.41, 5.74) is 32.9. The van der Waals surface area contributed by atoms with Gasteiger partial charge in [-0.25, -0.2) is 29.9 Å². The lowest BCUT2D eigenvalue weighted by Crippen LogP contribution is -2.03. The van der Waals surface area contributed by atoms with Crippen molar-refractivity contribution in [1.29, 1.82) is 0 Å². The lowest BCUT2D eigenvalue weighted by molar-refractivity contribution is 1.05.